The molecule has 0 heterocycles. The molecule has 0 aromatic rings. The van der Waals surface area contributed by atoms with Crippen LogP contribution in [0.2, 0.25) is 0 Å². The summed E-state index contributed by atoms with van der Waals surface area (Å²) in [4.78, 5) is 10.5. The first kappa shape index (κ1) is 16.7. The van der Waals surface area contributed by atoms with Crippen LogP contribution in [0, 0.1) is 5.92 Å². The molecule has 0 fully saturated rings. The SMILES string of the molecule is COCCOCCOCCSCC(C)C(=O)O. The van der Waals surface area contributed by atoms with E-state index in [2.05, 4.69) is 0 Å². The number of carboxylic acids is 1. The number of ether oxygens (including phenoxy) is 3. The van der Waals surface area contributed by atoms with Gasteiger partial charge in [-0.05, 0) is 0 Å². The molecule has 102 valence electrons. The van der Waals surface area contributed by atoms with Crippen molar-refractivity contribution in [3.63, 3.8) is 0 Å². The maximum absolute atomic E-state index is 10.5. The van der Waals surface area contributed by atoms with Gasteiger partial charge in [0, 0.05) is 18.6 Å². The lowest BCUT2D eigenvalue weighted by atomic mass is 10.2. The summed E-state index contributed by atoms with van der Waals surface area (Å²) < 4.78 is 15.4. The van der Waals surface area contributed by atoms with Crippen molar-refractivity contribution in [2.24, 2.45) is 5.92 Å². The minimum absolute atomic E-state index is 0.294. The minimum atomic E-state index is -0.745. The fourth-order valence-electron chi connectivity index (χ4n) is 0.913. The average Bonchev–Trinajstić information content (AvgIpc) is 2.31. The summed E-state index contributed by atoms with van der Waals surface area (Å²) in [5, 5.41) is 8.65. The Morgan fingerprint density at radius 3 is 2.35 bits per heavy atom. The molecule has 0 rings (SSSR count). The number of rotatable bonds is 12. The third-order valence-electron chi connectivity index (χ3n) is 1.97. The molecule has 0 aromatic carbocycles. The zero-order chi connectivity index (χ0) is 12.9. The molecule has 0 saturated carbocycles. The van der Waals surface area contributed by atoms with E-state index in [1.54, 1.807) is 25.8 Å². The molecule has 1 atom stereocenters. The molecule has 6 heteroatoms. The van der Waals surface area contributed by atoms with E-state index in [0.29, 0.717) is 38.8 Å². The van der Waals surface area contributed by atoms with Gasteiger partial charge in [0.05, 0.1) is 39.0 Å². The fourth-order valence-corrected chi connectivity index (χ4v) is 1.81. The smallest absolute Gasteiger partial charge is 0.307 e. The zero-order valence-electron chi connectivity index (χ0n) is 10.5. The van der Waals surface area contributed by atoms with E-state index in [4.69, 9.17) is 19.3 Å². The topological polar surface area (TPSA) is 65.0 Å². The number of carbonyl (C=O) groups is 1. The molecule has 0 aliphatic carbocycles. The van der Waals surface area contributed by atoms with Gasteiger partial charge in [-0.2, -0.15) is 11.8 Å². The Balaban J connectivity index is 3.06. The summed E-state index contributed by atoms with van der Waals surface area (Å²) in [7, 11) is 1.63. The van der Waals surface area contributed by atoms with Crippen LogP contribution in [0.4, 0.5) is 0 Å². The van der Waals surface area contributed by atoms with E-state index in [-0.39, 0.29) is 5.92 Å². The number of hydrogen-bond acceptors (Lipinski definition) is 5. The van der Waals surface area contributed by atoms with Crippen molar-refractivity contribution >= 4 is 17.7 Å². The Kier molecular flexibility index (Phi) is 12.0. The summed E-state index contributed by atoms with van der Waals surface area (Å²) in [6.07, 6.45) is 0. The first-order chi connectivity index (χ1) is 8.18. The summed E-state index contributed by atoms with van der Waals surface area (Å²) >= 11 is 1.59. The molecule has 0 aliphatic rings. The Hall–Kier alpha value is -0.300. The zero-order valence-corrected chi connectivity index (χ0v) is 11.3. The lowest BCUT2D eigenvalue weighted by Gasteiger charge is -2.07. The molecule has 1 unspecified atom stereocenters. The second-order valence-corrected chi connectivity index (χ2v) is 4.68. The van der Waals surface area contributed by atoms with Crippen molar-refractivity contribution in [1.29, 1.82) is 0 Å². The van der Waals surface area contributed by atoms with E-state index in [0.717, 1.165) is 5.75 Å². The average molecular weight is 266 g/mol. The molecule has 0 bridgehead atoms. The molecule has 0 saturated heterocycles. The van der Waals surface area contributed by atoms with Crippen molar-refractivity contribution in [3.8, 4) is 0 Å². The lowest BCUT2D eigenvalue weighted by Crippen LogP contribution is -2.13. The molecule has 0 aromatic heterocycles. The summed E-state index contributed by atoms with van der Waals surface area (Å²) in [5.74, 6) is 0.404. The van der Waals surface area contributed by atoms with Crippen LogP contribution in [-0.4, -0.2) is 62.7 Å². The first-order valence-corrected chi connectivity index (χ1v) is 6.79. The third-order valence-corrected chi connectivity index (χ3v) is 3.16. The van der Waals surface area contributed by atoms with E-state index in [1.807, 2.05) is 0 Å². The standard InChI is InChI=1S/C11H22O5S/c1-10(11(12)13)9-17-8-7-16-6-5-15-4-3-14-2/h10H,3-9H2,1-2H3,(H,12,13). The summed E-state index contributed by atoms with van der Waals surface area (Å²) in [6.45, 7) is 4.66. The largest absolute Gasteiger partial charge is 0.481 e. The van der Waals surface area contributed by atoms with Gasteiger partial charge in [0.25, 0.3) is 0 Å². The van der Waals surface area contributed by atoms with Crippen LogP contribution < -0.4 is 0 Å². The molecular formula is C11H22O5S. The van der Waals surface area contributed by atoms with Crippen LogP contribution >= 0.6 is 11.8 Å². The lowest BCUT2D eigenvalue weighted by molar-refractivity contribution is -0.140. The van der Waals surface area contributed by atoms with Crippen LogP contribution in [-0.2, 0) is 19.0 Å². The third kappa shape index (κ3) is 12.0. The molecule has 0 amide bonds. The number of hydrogen-bond donors (Lipinski definition) is 1. The van der Waals surface area contributed by atoms with Gasteiger partial charge in [-0.1, -0.05) is 6.92 Å². The van der Waals surface area contributed by atoms with Gasteiger partial charge < -0.3 is 19.3 Å². The van der Waals surface area contributed by atoms with Crippen molar-refractivity contribution in [2.75, 3.05) is 51.6 Å². The molecule has 0 spiro atoms. The van der Waals surface area contributed by atoms with Gasteiger partial charge in [-0.25, -0.2) is 0 Å². The van der Waals surface area contributed by atoms with Crippen molar-refractivity contribution in [3.05, 3.63) is 0 Å². The molecular weight excluding hydrogens is 244 g/mol. The maximum atomic E-state index is 10.5. The second-order valence-electron chi connectivity index (χ2n) is 3.53. The predicted octanol–water partition coefficient (Wildman–Crippen LogP) is 1.12. The number of thioether (sulfide) groups is 1. The van der Waals surface area contributed by atoms with E-state index < -0.39 is 5.97 Å². The molecule has 0 aliphatic heterocycles. The Bertz CT molecular complexity index is 189. The molecule has 17 heavy (non-hydrogen) atoms. The highest BCUT2D eigenvalue weighted by atomic mass is 32.2. The van der Waals surface area contributed by atoms with Gasteiger partial charge >= 0.3 is 5.97 Å². The van der Waals surface area contributed by atoms with Crippen molar-refractivity contribution in [2.45, 2.75) is 6.92 Å². The fraction of sp³-hybridized carbons (Fsp3) is 0.909. The van der Waals surface area contributed by atoms with E-state index in [9.17, 15) is 4.79 Å². The highest BCUT2D eigenvalue weighted by molar-refractivity contribution is 7.99. The van der Waals surface area contributed by atoms with Crippen molar-refractivity contribution in [1.82, 2.24) is 0 Å². The number of methoxy groups -OCH3 is 1. The van der Waals surface area contributed by atoms with Gasteiger partial charge in [0.1, 0.15) is 0 Å². The predicted molar refractivity (Wildman–Crippen MR) is 67.6 cm³/mol. The van der Waals surface area contributed by atoms with Crippen LogP contribution in [0.5, 0.6) is 0 Å². The highest BCUT2D eigenvalue weighted by Gasteiger charge is 2.09. The molecule has 5 nitrogen and oxygen atoms in total. The monoisotopic (exact) mass is 266 g/mol. The Labute approximate surface area is 107 Å². The molecule has 1 N–H and O–H groups in total. The number of aliphatic carboxylic acids is 1. The van der Waals surface area contributed by atoms with Gasteiger partial charge in [0.2, 0.25) is 0 Å². The Morgan fingerprint density at radius 2 is 1.76 bits per heavy atom. The van der Waals surface area contributed by atoms with Crippen LogP contribution in [0.1, 0.15) is 6.92 Å². The second kappa shape index (κ2) is 12.2. The summed E-state index contributed by atoms with van der Waals surface area (Å²) in [6, 6.07) is 0. The van der Waals surface area contributed by atoms with Gasteiger partial charge in [0.15, 0.2) is 0 Å². The molecule has 0 radical (unpaired) electrons. The van der Waals surface area contributed by atoms with E-state index in [1.165, 1.54) is 0 Å². The van der Waals surface area contributed by atoms with Gasteiger partial charge in [-0.15, -0.1) is 0 Å². The van der Waals surface area contributed by atoms with Crippen LogP contribution in [0.25, 0.3) is 0 Å². The maximum Gasteiger partial charge on any atom is 0.307 e. The van der Waals surface area contributed by atoms with Crippen molar-refractivity contribution < 1.29 is 24.1 Å². The van der Waals surface area contributed by atoms with Crippen LogP contribution in [0.3, 0.4) is 0 Å². The quantitative estimate of drug-likeness (QED) is 0.534. The summed E-state index contributed by atoms with van der Waals surface area (Å²) in [5.41, 5.74) is 0. The Morgan fingerprint density at radius 1 is 1.18 bits per heavy atom. The minimum Gasteiger partial charge on any atom is -0.481 e. The highest BCUT2D eigenvalue weighted by Crippen LogP contribution is 2.07. The van der Waals surface area contributed by atoms with E-state index >= 15 is 0 Å². The number of carboxylic acid groups (broad SMARTS) is 1. The first-order valence-electron chi connectivity index (χ1n) is 5.63. The normalized spacial score (nSPS) is 12.6. The van der Waals surface area contributed by atoms with Crippen LogP contribution in [0.15, 0.2) is 0 Å². The van der Waals surface area contributed by atoms with Gasteiger partial charge in [-0.3, -0.25) is 4.79 Å².